The molecule has 0 N–H and O–H groups in total. The van der Waals surface area contributed by atoms with Gasteiger partial charge in [-0.3, -0.25) is 4.90 Å². The Morgan fingerprint density at radius 1 is 1.38 bits per heavy atom. The van der Waals surface area contributed by atoms with Crippen molar-refractivity contribution in [1.82, 2.24) is 4.90 Å². The van der Waals surface area contributed by atoms with E-state index in [9.17, 15) is 8.78 Å². The van der Waals surface area contributed by atoms with Crippen molar-refractivity contribution in [2.75, 3.05) is 12.7 Å². The summed E-state index contributed by atoms with van der Waals surface area (Å²) in [6, 6.07) is -0.452. The van der Waals surface area contributed by atoms with E-state index < -0.39 is 20.5 Å². The van der Waals surface area contributed by atoms with Crippen molar-refractivity contribution in [3.63, 3.8) is 0 Å². The second-order valence-corrected chi connectivity index (χ2v) is 10.5. The van der Waals surface area contributed by atoms with Gasteiger partial charge in [-0.15, -0.1) is 0 Å². The van der Waals surface area contributed by atoms with Gasteiger partial charge in [-0.1, -0.05) is 19.6 Å². The first-order chi connectivity index (χ1) is 5.90. The Balaban J connectivity index is 2.49. The molecule has 1 saturated heterocycles. The van der Waals surface area contributed by atoms with Gasteiger partial charge in [0.25, 0.3) is 6.43 Å². The number of halogens is 2. The summed E-state index contributed by atoms with van der Waals surface area (Å²) in [6.45, 7) is 7.56. The second kappa shape index (κ2) is 4.05. The van der Waals surface area contributed by atoms with Crippen molar-refractivity contribution in [1.29, 1.82) is 0 Å². The fraction of sp³-hybridized carbons (Fsp3) is 1.00. The van der Waals surface area contributed by atoms with E-state index in [0.29, 0.717) is 6.42 Å². The highest BCUT2D eigenvalue weighted by Gasteiger charge is 2.34. The van der Waals surface area contributed by atoms with Crippen molar-refractivity contribution in [3.8, 4) is 0 Å². The molecule has 0 aliphatic carbocycles. The number of hydrogen-bond donors (Lipinski definition) is 0. The molecule has 4 heteroatoms. The van der Waals surface area contributed by atoms with E-state index in [1.807, 2.05) is 4.90 Å². The molecular formula is C9H19F2NSi. The van der Waals surface area contributed by atoms with Crippen LogP contribution in [0.15, 0.2) is 0 Å². The number of alkyl halides is 2. The first-order valence-corrected chi connectivity index (χ1v) is 8.63. The molecule has 13 heavy (non-hydrogen) atoms. The molecule has 0 aromatic heterocycles. The van der Waals surface area contributed by atoms with Gasteiger partial charge in [0, 0.05) is 0 Å². The second-order valence-electron chi connectivity index (χ2n) is 5.08. The summed E-state index contributed by atoms with van der Waals surface area (Å²) in [5.41, 5.74) is 0. The van der Waals surface area contributed by atoms with Crippen LogP contribution >= 0.6 is 0 Å². The highest BCUT2D eigenvalue weighted by Crippen LogP contribution is 2.24. The first kappa shape index (κ1) is 11.1. The van der Waals surface area contributed by atoms with Gasteiger partial charge in [-0.05, 0) is 25.6 Å². The average molecular weight is 207 g/mol. The molecule has 0 aromatic rings. The lowest BCUT2D eigenvalue weighted by Crippen LogP contribution is -2.45. The summed E-state index contributed by atoms with van der Waals surface area (Å²) in [6.07, 6.45) is 0.391. The highest BCUT2D eigenvalue weighted by atomic mass is 28.3. The molecule has 0 unspecified atom stereocenters. The Labute approximate surface area is 80.1 Å². The maximum atomic E-state index is 12.5. The smallest absolute Gasteiger partial charge is 0.253 e. The fourth-order valence-corrected chi connectivity index (χ4v) is 3.55. The van der Waals surface area contributed by atoms with Crippen LogP contribution in [-0.2, 0) is 0 Å². The minimum Gasteiger partial charge on any atom is -0.298 e. The van der Waals surface area contributed by atoms with Crippen molar-refractivity contribution in [3.05, 3.63) is 0 Å². The maximum absolute atomic E-state index is 12.5. The predicted octanol–water partition coefficient (Wildman–Crippen LogP) is 2.59. The Hall–Kier alpha value is 0.0369. The SMILES string of the molecule is C[Si](C)(C)CN1CCC[C@@H]1C(F)F. The highest BCUT2D eigenvalue weighted by molar-refractivity contribution is 6.76. The molecule has 0 radical (unpaired) electrons. The molecule has 0 bridgehead atoms. The quantitative estimate of drug-likeness (QED) is 0.643. The monoisotopic (exact) mass is 207 g/mol. The lowest BCUT2D eigenvalue weighted by Gasteiger charge is -2.29. The van der Waals surface area contributed by atoms with Crippen LogP contribution in [0.3, 0.4) is 0 Å². The molecule has 0 aromatic carbocycles. The van der Waals surface area contributed by atoms with Gasteiger partial charge in [0.1, 0.15) is 0 Å². The van der Waals surface area contributed by atoms with Crippen molar-refractivity contribution < 1.29 is 8.78 Å². The van der Waals surface area contributed by atoms with Gasteiger partial charge < -0.3 is 0 Å². The Morgan fingerprint density at radius 2 is 2.00 bits per heavy atom. The molecule has 78 valence electrons. The van der Waals surface area contributed by atoms with Gasteiger partial charge >= 0.3 is 0 Å². The van der Waals surface area contributed by atoms with Crippen LogP contribution in [0, 0.1) is 0 Å². The zero-order chi connectivity index (χ0) is 10.1. The van der Waals surface area contributed by atoms with E-state index in [1.54, 1.807) is 0 Å². The number of nitrogens with zero attached hydrogens (tertiary/aromatic N) is 1. The first-order valence-electron chi connectivity index (χ1n) is 4.92. The van der Waals surface area contributed by atoms with E-state index in [0.717, 1.165) is 19.1 Å². The largest absolute Gasteiger partial charge is 0.298 e. The summed E-state index contributed by atoms with van der Waals surface area (Å²) < 4.78 is 25.1. The molecule has 1 atom stereocenters. The topological polar surface area (TPSA) is 3.24 Å². The molecule has 1 aliphatic heterocycles. The van der Waals surface area contributed by atoms with Gasteiger partial charge in [-0.2, -0.15) is 0 Å². The summed E-state index contributed by atoms with van der Waals surface area (Å²) in [5.74, 6) is 0. The van der Waals surface area contributed by atoms with Crippen LogP contribution in [-0.4, -0.2) is 38.2 Å². The summed E-state index contributed by atoms with van der Waals surface area (Å²) in [7, 11) is -1.22. The normalized spacial score (nSPS) is 25.8. The molecule has 1 rings (SSSR count). The van der Waals surface area contributed by atoms with Crippen LogP contribution in [0.5, 0.6) is 0 Å². The molecule has 0 amide bonds. The third kappa shape index (κ3) is 3.35. The van der Waals surface area contributed by atoms with E-state index in [1.165, 1.54) is 0 Å². The molecule has 0 spiro atoms. The third-order valence-electron chi connectivity index (χ3n) is 2.38. The fourth-order valence-electron chi connectivity index (χ4n) is 1.94. The minimum atomic E-state index is -2.15. The molecule has 1 fully saturated rings. The van der Waals surface area contributed by atoms with Gasteiger partial charge in [0.15, 0.2) is 0 Å². The van der Waals surface area contributed by atoms with E-state index in [4.69, 9.17) is 0 Å². The molecule has 1 nitrogen and oxygen atoms in total. The Morgan fingerprint density at radius 3 is 2.46 bits per heavy atom. The van der Waals surface area contributed by atoms with Crippen LogP contribution in [0.1, 0.15) is 12.8 Å². The lowest BCUT2D eigenvalue weighted by molar-refractivity contribution is 0.0546. The standard InChI is InChI=1S/C9H19F2NSi/c1-13(2,3)7-12-6-4-5-8(12)9(10)11/h8-9H,4-7H2,1-3H3/t8-/m1/s1. The van der Waals surface area contributed by atoms with Crippen LogP contribution in [0.25, 0.3) is 0 Å². The van der Waals surface area contributed by atoms with Crippen LogP contribution < -0.4 is 0 Å². The zero-order valence-electron chi connectivity index (χ0n) is 8.69. The number of likely N-dealkylation sites (tertiary alicyclic amines) is 1. The lowest BCUT2D eigenvalue weighted by atomic mass is 10.2. The van der Waals surface area contributed by atoms with E-state index in [-0.39, 0.29) is 0 Å². The van der Waals surface area contributed by atoms with Crippen LogP contribution in [0.2, 0.25) is 19.6 Å². The molecule has 0 saturated carbocycles. The molecule has 1 aliphatic rings. The summed E-state index contributed by atoms with van der Waals surface area (Å²) in [4.78, 5) is 2.00. The number of rotatable bonds is 3. The Kier molecular flexibility index (Phi) is 3.46. The summed E-state index contributed by atoms with van der Waals surface area (Å²) >= 11 is 0. The minimum absolute atomic E-state index is 0.452. The zero-order valence-corrected chi connectivity index (χ0v) is 9.69. The van der Waals surface area contributed by atoms with Crippen molar-refractivity contribution in [2.24, 2.45) is 0 Å². The van der Waals surface area contributed by atoms with E-state index in [2.05, 4.69) is 19.6 Å². The maximum Gasteiger partial charge on any atom is 0.253 e. The predicted molar refractivity (Wildman–Crippen MR) is 53.9 cm³/mol. The van der Waals surface area contributed by atoms with Crippen molar-refractivity contribution >= 4 is 8.07 Å². The van der Waals surface area contributed by atoms with Gasteiger partial charge in [0.2, 0.25) is 0 Å². The van der Waals surface area contributed by atoms with Gasteiger partial charge in [-0.25, -0.2) is 8.78 Å². The summed E-state index contributed by atoms with van der Waals surface area (Å²) in [5, 5.41) is 0. The van der Waals surface area contributed by atoms with E-state index >= 15 is 0 Å². The third-order valence-corrected chi connectivity index (χ3v) is 3.74. The van der Waals surface area contributed by atoms with Crippen molar-refractivity contribution in [2.45, 2.75) is 44.9 Å². The Bertz CT molecular complexity index is 167. The molecule has 1 heterocycles. The van der Waals surface area contributed by atoms with Gasteiger partial charge in [0.05, 0.1) is 14.1 Å². The van der Waals surface area contributed by atoms with Crippen LogP contribution in [0.4, 0.5) is 8.78 Å². The average Bonchev–Trinajstić information content (AvgIpc) is 2.31. The number of hydrogen-bond acceptors (Lipinski definition) is 1. The molecular weight excluding hydrogens is 188 g/mol.